The predicted octanol–water partition coefficient (Wildman–Crippen LogP) is 4.33. The van der Waals surface area contributed by atoms with Crippen molar-refractivity contribution in [3.8, 4) is 5.82 Å². The average molecular weight is 617 g/mol. The molecule has 0 fully saturated rings. The number of hydrogen-bond donors (Lipinski definition) is 2. The van der Waals surface area contributed by atoms with Gasteiger partial charge in [-0.05, 0) is 71.7 Å². The van der Waals surface area contributed by atoms with Gasteiger partial charge < -0.3 is 10.6 Å². The zero-order chi connectivity index (χ0) is 29.2. The molecule has 0 spiro atoms. The van der Waals surface area contributed by atoms with E-state index in [1.807, 2.05) is 0 Å². The van der Waals surface area contributed by atoms with Gasteiger partial charge in [0.1, 0.15) is 12.2 Å². The van der Waals surface area contributed by atoms with Gasteiger partial charge in [0.15, 0.2) is 11.5 Å². The summed E-state index contributed by atoms with van der Waals surface area (Å²) in [6.45, 7) is 12.2. The van der Waals surface area contributed by atoms with Crippen molar-refractivity contribution in [3.05, 3.63) is 80.8 Å². The number of alkyl halides is 3. The maximum Gasteiger partial charge on any atom is 0.455 e. The van der Waals surface area contributed by atoms with E-state index in [1.165, 1.54) is 29.1 Å². The van der Waals surface area contributed by atoms with Gasteiger partial charge in [0.25, 0.3) is 17.6 Å². The van der Waals surface area contributed by atoms with Crippen LogP contribution in [-0.4, -0.2) is 52.8 Å². The molecule has 0 saturated heterocycles. The standard InChI is InChI=1S/C24H20BrF3N10O2/c1-12(2)31-21(39)16-9-14(29-4)8-13(3)19(16)32-22(40)18-10-15(11-37-35-23(33-36-37)24(26,27)28)34-38(18)20-17(25)6-5-7-30-20/h5-10,12H,11H2,1-3H3,(H,31,39)(H,32,40). The Bertz CT molecular complexity index is 1640. The minimum absolute atomic E-state index is 0.0468. The molecule has 40 heavy (non-hydrogen) atoms. The number of halogens is 4. The van der Waals surface area contributed by atoms with Gasteiger partial charge in [-0.3, -0.25) is 9.59 Å². The summed E-state index contributed by atoms with van der Waals surface area (Å²) in [6.07, 6.45) is -3.30. The number of carbonyl (C=O) groups is 2. The molecule has 3 heterocycles. The second-order valence-corrected chi connectivity index (χ2v) is 9.62. The fraction of sp³-hybridized carbons (Fsp3) is 0.250. The second-order valence-electron chi connectivity index (χ2n) is 8.76. The minimum Gasteiger partial charge on any atom is -0.350 e. The van der Waals surface area contributed by atoms with Crippen molar-refractivity contribution in [1.29, 1.82) is 0 Å². The summed E-state index contributed by atoms with van der Waals surface area (Å²) >= 11 is 3.36. The molecule has 2 N–H and O–H groups in total. The van der Waals surface area contributed by atoms with Crippen LogP contribution >= 0.6 is 15.9 Å². The first-order valence-corrected chi connectivity index (χ1v) is 12.4. The van der Waals surface area contributed by atoms with E-state index in [1.54, 1.807) is 32.9 Å². The number of hydrogen-bond acceptors (Lipinski definition) is 7. The first kappa shape index (κ1) is 28.4. The summed E-state index contributed by atoms with van der Waals surface area (Å²) in [6, 6.07) is 7.35. The number of benzene rings is 1. The third-order valence-electron chi connectivity index (χ3n) is 5.29. The Balaban J connectivity index is 1.75. The molecule has 0 radical (unpaired) electrons. The van der Waals surface area contributed by atoms with Crippen molar-refractivity contribution in [2.24, 2.45) is 0 Å². The third kappa shape index (κ3) is 6.15. The van der Waals surface area contributed by atoms with E-state index in [4.69, 9.17) is 6.57 Å². The smallest absolute Gasteiger partial charge is 0.350 e. The van der Waals surface area contributed by atoms with Gasteiger partial charge in [0.2, 0.25) is 0 Å². The molecule has 0 aliphatic carbocycles. The highest BCUT2D eigenvalue weighted by Crippen LogP contribution is 2.29. The first-order chi connectivity index (χ1) is 18.9. The number of aryl methyl sites for hydroxylation is 1. The van der Waals surface area contributed by atoms with Gasteiger partial charge in [0.05, 0.1) is 28.0 Å². The summed E-state index contributed by atoms with van der Waals surface area (Å²) in [5.74, 6) is -2.38. The maximum atomic E-state index is 13.6. The van der Waals surface area contributed by atoms with Crippen LogP contribution in [0.5, 0.6) is 0 Å². The quantitative estimate of drug-likeness (QED) is 0.295. The number of rotatable bonds is 7. The molecule has 4 aromatic rings. The van der Waals surface area contributed by atoms with E-state index < -0.39 is 23.8 Å². The number of nitrogens with one attached hydrogen (secondary N) is 2. The Hall–Kier alpha value is -4.65. The van der Waals surface area contributed by atoms with Gasteiger partial charge in [-0.15, -0.1) is 10.2 Å². The van der Waals surface area contributed by atoms with Gasteiger partial charge in [-0.25, -0.2) is 14.5 Å². The van der Waals surface area contributed by atoms with Crippen LogP contribution in [0.2, 0.25) is 0 Å². The van der Waals surface area contributed by atoms with Crippen LogP contribution in [0.1, 0.15) is 51.8 Å². The van der Waals surface area contributed by atoms with Crippen molar-refractivity contribution in [2.45, 2.75) is 39.5 Å². The van der Waals surface area contributed by atoms with Crippen molar-refractivity contribution < 1.29 is 22.8 Å². The van der Waals surface area contributed by atoms with Crippen LogP contribution in [0.3, 0.4) is 0 Å². The Morgan fingerprint density at radius 1 is 1.18 bits per heavy atom. The lowest BCUT2D eigenvalue weighted by Gasteiger charge is -2.16. The lowest BCUT2D eigenvalue weighted by atomic mass is 10.0. The van der Waals surface area contributed by atoms with Gasteiger partial charge in [0, 0.05) is 12.2 Å². The lowest BCUT2D eigenvalue weighted by molar-refractivity contribution is -0.145. The molecular formula is C24H20BrF3N10O2. The molecule has 0 bridgehead atoms. The van der Waals surface area contributed by atoms with Crippen molar-refractivity contribution in [3.63, 3.8) is 0 Å². The SMILES string of the molecule is [C-]#[N+]c1cc(C)c(NC(=O)c2cc(Cn3nnc(C(F)(F)F)n3)nn2-c2ncccc2Br)c(C(=O)NC(C)C)c1. The Morgan fingerprint density at radius 3 is 2.55 bits per heavy atom. The summed E-state index contributed by atoms with van der Waals surface area (Å²) in [5, 5.41) is 19.6. The average Bonchev–Trinajstić information content (AvgIpc) is 3.52. The van der Waals surface area contributed by atoms with E-state index in [0.29, 0.717) is 14.8 Å². The van der Waals surface area contributed by atoms with Crippen LogP contribution in [0.15, 0.2) is 41.0 Å². The third-order valence-corrected chi connectivity index (χ3v) is 5.91. The van der Waals surface area contributed by atoms with E-state index in [-0.39, 0.29) is 46.7 Å². The Labute approximate surface area is 233 Å². The summed E-state index contributed by atoms with van der Waals surface area (Å²) in [7, 11) is 0. The number of carbonyl (C=O) groups excluding carboxylic acids is 2. The molecule has 206 valence electrons. The topological polar surface area (TPSA) is 137 Å². The highest BCUT2D eigenvalue weighted by atomic mass is 79.9. The van der Waals surface area contributed by atoms with E-state index >= 15 is 0 Å². The number of tetrazole rings is 1. The van der Waals surface area contributed by atoms with Crippen molar-refractivity contribution in [1.82, 2.24) is 40.3 Å². The Kier molecular flexibility index (Phi) is 7.96. The number of pyridine rings is 1. The Morgan fingerprint density at radius 2 is 1.93 bits per heavy atom. The molecule has 3 aromatic heterocycles. The number of amides is 2. The highest BCUT2D eigenvalue weighted by molar-refractivity contribution is 9.10. The highest BCUT2D eigenvalue weighted by Gasteiger charge is 2.37. The molecule has 0 aliphatic heterocycles. The largest absolute Gasteiger partial charge is 0.455 e. The van der Waals surface area contributed by atoms with Crippen LogP contribution in [-0.2, 0) is 12.7 Å². The predicted molar refractivity (Wildman–Crippen MR) is 139 cm³/mol. The van der Waals surface area contributed by atoms with Gasteiger partial charge >= 0.3 is 6.18 Å². The molecule has 2 amide bonds. The molecular weight excluding hydrogens is 597 g/mol. The maximum absolute atomic E-state index is 13.6. The van der Waals surface area contributed by atoms with E-state index in [9.17, 15) is 22.8 Å². The first-order valence-electron chi connectivity index (χ1n) is 11.6. The summed E-state index contributed by atoms with van der Waals surface area (Å²) < 4.78 is 40.4. The van der Waals surface area contributed by atoms with Crippen molar-refractivity contribution in [2.75, 3.05) is 5.32 Å². The molecule has 0 atom stereocenters. The normalized spacial score (nSPS) is 11.4. The molecule has 4 rings (SSSR count). The second kappa shape index (κ2) is 11.2. The fourth-order valence-electron chi connectivity index (χ4n) is 3.63. The molecule has 1 aromatic carbocycles. The lowest BCUT2D eigenvalue weighted by Crippen LogP contribution is -2.31. The minimum atomic E-state index is -4.78. The summed E-state index contributed by atoms with van der Waals surface area (Å²) in [5.41, 5.74) is 1.03. The van der Waals surface area contributed by atoms with E-state index in [0.717, 1.165) is 0 Å². The number of nitrogens with zero attached hydrogens (tertiary/aromatic N) is 8. The molecule has 0 aliphatic rings. The monoisotopic (exact) mass is 616 g/mol. The molecule has 0 saturated carbocycles. The fourth-order valence-corrected chi connectivity index (χ4v) is 4.05. The van der Waals surface area contributed by atoms with E-state index in [2.05, 4.69) is 56.9 Å². The van der Waals surface area contributed by atoms with Crippen LogP contribution in [0.4, 0.5) is 24.5 Å². The van der Waals surface area contributed by atoms with Crippen LogP contribution < -0.4 is 10.6 Å². The van der Waals surface area contributed by atoms with Crippen molar-refractivity contribution >= 4 is 39.1 Å². The molecule has 12 nitrogen and oxygen atoms in total. The molecule has 16 heteroatoms. The van der Waals surface area contributed by atoms with Crippen LogP contribution in [0.25, 0.3) is 10.7 Å². The number of anilines is 1. The molecule has 0 unspecified atom stereocenters. The van der Waals surface area contributed by atoms with Crippen LogP contribution in [0, 0.1) is 13.5 Å². The van der Waals surface area contributed by atoms with Gasteiger partial charge in [-0.1, -0.05) is 6.07 Å². The number of aromatic nitrogens is 7. The summed E-state index contributed by atoms with van der Waals surface area (Å²) in [4.78, 5) is 34.9. The van der Waals surface area contributed by atoms with Gasteiger partial charge in [-0.2, -0.15) is 23.1 Å². The zero-order valence-electron chi connectivity index (χ0n) is 21.2. The zero-order valence-corrected chi connectivity index (χ0v) is 22.7.